The van der Waals surface area contributed by atoms with Crippen molar-refractivity contribution in [3.63, 3.8) is 0 Å². The Morgan fingerprint density at radius 2 is 1.79 bits per heavy atom. The maximum absolute atomic E-state index is 13.7. The minimum absolute atomic E-state index is 0.0336. The number of para-hydroxylation sites is 1. The van der Waals surface area contributed by atoms with Gasteiger partial charge >= 0.3 is 0 Å². The summed E-state index contributed by atoms with van der Waals surface area (Å²) in [6, 6.07) is 19.0. The first kappa shape index (κ1) is 28.4. The molecule has 2 amide bonds. The van der Waals surface area contributed by atoms with Crippen molar-refractivity contribution in [1.29, 1.82) is 0 Å². The number of hydrogen-bond acceptors (Lipinski definition) is 7. The normalized spacial score (nSPS) is 14.6. The molecular weight excluding hydrogens is 516 g/mol. The Labute approximate surface area is 234 Å². The molecule has 0 radical (unpaired) electrons. The van der Waals surface area contributed by atoms with Crippen LogP contribution in [0.4, 0.5) is 0 Å². The molecule has 1 aliphatic heterocycles. The van der Waals surface area contributed by atoms with Crippen LogP contribution >= 0.6 is 11.3 Å². The number of rotatable bonds is 14. The van der Waals surface area contributed by atoms with Gasteiger partial charge in [-0.15, -0.1) is 11.3 Å². The van der Waals surface area contributed by atoms with E-state index < -0.39 is 0 Å². The van der Waals surface area contributed by atoms with Gasteiger partial charge in [-0.25, -0.2) is 0 Å². The van der Waals surface area contributed by atoms with E-state index in [-0.39, 0.29) is 31.1 Å². The van der Waals surface area contributed by atoms with E-state index in [4.69, 9.17) is 18.9 Å². The van der Waals surface area contributed by atoms with Crippen LogP contribution in [0, 0.1) is 0 Å². The molecule has 1 aliphatic rings. The van der Waals surface area contributed by atoms with Gasteiger partial charge in [0, 0.05) is 24.6 Å². The highest BCUT2D eigenvalue weighted by Crippen LogP contribution is 2.28. The molecule has 39 heavy (non-hydrogen) atoms. The lowest BCUT2D eigenvalue weighted by Gasteiger charge is -2.29. The third kappa shape index (κ3) is 8.46. The molecule has 2 aromatic carbocycles. The van der Waals surface area contributed by atoms with Crippen molar-refractivity contribution in [2.45, 2.75) is 31.9 Å². The van der Waals surface area contributed by atoms with Gasteiger partial charge in [0.1, 0.15) is 5.75 Å². The van der Waals surface area contributed by atoms with Crippen LogP contribution in [0.25, 0.3) is 0 Å². The fraction of sp³-hybridized carbons (Fsp3) is 0.400. The zero-order chi connectivity index (χ0) is 27.5. The predicted molar refractivity (Wildman–Crippen MR) is 150 cm³/mol. The first-order valence-electron chi connectivity index (χ1n) is 13.1. The highest BCUT2D eigenvalue weighted by Gasteiger charge is 2.27. The van der Waals surface area contributed by atoms with Gasteiger partial charge < -0.3 is 28.7 Å². The molecule has 2 heterocycles. The Hall–Kier alpha value is -3.56. The van der Waals surface area contributed by atoms with Gasteiger partial charge in [-0.3, -0.25) is 9.59 Å². The summed E-state index contributed by atoms with van der Waals surface area (Å²) in [6.07, 6.45) is 2.39. The molecule has 3 aromatic rings. The van der Waals surface area contributed by atoms with Crippen LogP contribution in [0.1, 0.15) is 23.3 Å². The minimum Gasteiger partial charge on any atom is -0.493 e. The molecule has 0 N–H and O–H groups in total. The van der Waals surface area contributed by atoms with Crippen LogP contribution in [-0.4, -0.2) is 74.8 Å². The lowest BCUT2D eigenvalue weighted by Crippen LogP contribution is -2.47. The lowest BCUT2D eigenvalue weighted by molar-refractivity contribution is -0.143. The maximum atomic E-state index is 13.7. The van der Waals surface area contributed by atoms with Crippen LogP contribution in [-0.2, 0) is 27.3 Å². The molecule has 1 atom stereocenters. The van der Waals surface area contributed by atoms with Crippen molar-refractivity contribution >= 4 is 23.2 Å². The van der Waals surface area contributed by atoms with E-state index in [1.165, 1.54) is 0 Å². The lowest BCUT2D eigenvalue weighted by atomic mass is 10.1. The van der Waals surface area contributed by atoms with Gasteiger partial charge in [0.25, 0.3) is 5.91 Å². The minimum atomic E-state index is -0.237. The number of ether oxygens (including phenoxy) is 4. The van der Waals surface area contributed by atoms with E-state index in [2.05, 4.69) is 0 Å². The number of carbonyl (C=O) groups excluding carboxylic acids is 2. The molecular formula is C30H36N2O6S. The van der Waals surface area contributed by atoms with E-state index in [9.17, 15) is 9.59 Å². The summed E-state index contributed by atoms with van der Waals surface area (Å²) < 4.78 is 22.3. The standard InChI is InChI=1S/C30H36N2O6S/c1-35-27-13-12-23(18-28(27)36-2)14-15-31(20-26-11-7-17-39-26)29(33)21-32(19-25-10-6-16-37-25)30(34)22-38-24-8-4-3-5-9-24/h3-5,7-9,11-13,17-18,25H,6,10,14-16,19-22H2,1-2H3. The number of benzene rings is 2. The molecule has 8 nitrogen and oxygen atoms in total. The van der Waals surface area contributed by atoms with Gasteiger partial charge in [-0.2, -0.15) is 0 Å². The van der Waals surface area contributed by atoms with Crippen LogP contribution in [0.2, 0.25) is 0 Å². The molecule has 1 fully saturated rings. The van der Waals surface area contributed by atoms with Gasteiger partial charge in [0.15, 0.2) is 18.1 Å². The third-order valence-electron chi connectivity index (χ3n) is 6.63. The largest absolute Gasteiger partial charge is 0.493 e. The van der Waals surface area contributed by atoms with Crippen molar-refractivity contribution in [1.82, 2.24) is 9.80 Å². The van der Waals surface area contributed by atoms with Crippen molar-refractivity contribution in [2.75, 3.05) is 47.1 Å². The second-order valence-electron chi connectivity index (χ2n) is 9.35. The van der Waals surface area contributed by atoms with Gasteiger partial charge in [0.2, 0.25) is 5.91 Å². The molecule has 0 aliphatic carbocycles. The second-order valence-corrected chi connectivity index (χ2v) is 10.4. The fourth-order valence-corrected chi connectivity index (χ4v) is 5.21. The van der Waals surface area contributed by atoms with Crippen LogP contribution in [0.5, 0.6) is 17.2 Å². The van der Waals surface area contributed by atoms with Gasteiger partial charge in [-0.1, -0.05) is 30.3 Å². The summed E-state index contributed by atoms with van der Waals surface area (Å²) in [7, 11) is 3.21. The highest BCUT2D eigenvalue weighted by atomic mass is 32.1. The summed E-state index contributed by atoms with van der Waals surface area (Å²) in [5.41, 5.74) is 1.03. The number of thiophene rings is 1. The Kier molecular flexibility index (Phi) is 10.6. The van der Waals surface area contributed by atoms with Gasteiger partial charge in [0.05, 0.1) is 33.4 Å². The fourth-order valence-electron chi connectivity index (χ4n) is 4.49. The van der Waals surface area contributed by atoms with E-state index in [0.717, 1.165) is 23.3 Å². The monoisotopic (exact) mass is 552 g/mol. The van der Waals surface area contributed by atoms with Crippen LogP contribution < -0.4 is 14.2 Å². The summed E-state index contributed by atoms with van der Waals surface area (Å²) in [5.74, 6) is 1.57. The van der Waals surface area contributed by atoms with Crippen LogP contribution in [0.3, 0.4) is 0 Å². The predicted octanol–water partition coefficient (Wildman–Crippen LogP) is 4.42. The second kappa shape index (κ2) is 14.6. The SMILES string of the molecule is COc1ccc(CCN(Cc2cccs2)C(=O)CN(CC2CCCO2)C(=O)COc2ccccc2)cc1OC. The molecule has 9 heteroatoms. The van der Waals surface area contributed by atoms with Crippen molar-refractivity contribution in [2.24, 2.45) is 0 Å². The molecule has 1 saturated heterocycles. The quantitative estimate of drug-likeness (QED) is 0.295. The summed E-state index contributed by atoms with van der Waals surface area (Å²) in [6.45, 7) is 1.85. The Bertz CT molecular complexity index is 1180. The molecule has 4 rings (SSSR count). The molecule has 0 saturated carbocycles. The average molecular weight is 553 g/mol. The number of carbonyl (C=O) groups is 2. The zero-order valence-corrected chi connectivity index (χ0v) is 23.4. The maximum Gasteiger partial charge on any atom is 0.261 e. The third-order valence-corrected chi connectivity index (χ3v) is 7.49. The number of nitrogens with zero attached hydrogens (tertiary/aromatic N) is 2. The Balaban J connectivity index is 1.45. The summed E-state index contributed by atoms with van der Waals surface area (Å²) in [5, 5.41) is 2.00. The average Bonchev–Trinajstić information content (AvgIpc) is 3.68. The van der Waals surface area contributed by atoms with Crippen molar-refractivity contribution in [3.8, 4) is 17.2 Å². The molecule has 0 spiro atoms. The molecule has 0 bridgehead atoms. The first-order valence-corrected chi connectivity index (χ1v) is 14.0. The van der Waals surface area contributed by atoms with Crippen LogP contribution in [0.15, 0.2) is 66.0 Å². The Morgan fingerprint density at radius 3 is 2.49 bits per heavy atom. The topological polar surface area (TPSA) is 77.5 Å². The van der Waals surface area contributed by atoms with Crippen molar-refractivity contribution < 1.29 is 28.5 Å². The smallest absolute Gasteiger partial charge is 0.261 e. The zero-order valence-electron chi connectivity index (χ0n) is 22.5. The Morgan fingerprint density at radius 1 is 0.974 bits per heavy atom. The first-order chi connectivity index (χ1) is 19.1. The van der Waals surface area contributed by atoms with E-state index >= 15 is 0 Å². The van der Waals surface area contributed by atoms with E-state index in [0.29, 0.717) is 49.9 Å². The number of methoxy groups -OCH3 is 2. The molecule has 1 unspecified atom stereocenters. The molecule has 208 valence electrons. The molecule has 1 aromatic heterocycles. The van der Waals surface area contributed by atoms with Gasteiger partial charge in [-0.05, 0) is 60.5 Å². The summed E-state index contributed by atoms with van der Waals surface area (Å²) >= 11 is 1.61. The highest BCUT2D eigenvalue weighted by molar-refractivity contribution is 7.09. The van der Waals surface area contributed by atoms with Crippen molar-refractivity contribution in [3.05, 3.63) is 76.5 Å². The summed E-state index contributed by atoms with van der Waals surface area (Å²) in [4.78, 5) is 31.4. The number of amides is 2. The van der Waals surface area contributed by atoms with E-state index in [1.807, 2.05) is 58.8 Å². The number of hydrogen-bond donors (Lipinski definition) is 0. The van der Waals surface area contributed by atoms with E-state index in [1.54, 1.807) is 42.6 Å².